The van der Waals surface area contributed by atoms with Gasteiger partial charge in [-0.15, -0.1) is 0 Å². The Morgan fingerprint density at radius 2 is 1.30 bits per heavy atom. The van der Waals surface area contributed by atoms with Gasteiger partial charge in [-0.1, -0.05) is 12.1 Å². The van der Waals surface area contributed by atoms with Gasteiger partial charge < -0.3 is 39.8 Å². The zero-order valence-corrected chi connectivity index (χ0v) is 20.5. The summed E-state index contributed by atoms with van der Waals surface area (Å²) in [7, 11) is 0. The first-order valence-corrected chi connectivity index (χ1v) is 12.0. The number of aromatic hydroxyl groups is 6. The van der Waals surface area contributed by atoms with Gasteiger partial charge in [0.2, 0.25) is 0 Å². The summed E-state index contributed by atoms with van der Waals surface area (Å²) in [5, 5.41) is 62.4. The summed E-state index contributed by atoms with van der Waals surface area (Å²) in [6.45, 7) is 0. The summed E-state index contributed by atoms with van der Waals surface area (Å²) in [6, 6.07) is 14.8. The van der Waals surface area contributed by atoms with Crippen LogP contribution < -0.4 is 10.2 Å². The standard InChI is InChI=1S/C30H20O10/c31-15-5-1-13(2-6-15)22-11-20(36)26-24(39-22)12-21(37)27(29(26)38)28-18(34)9-17(33)25-19(35)10-23(40-30(25)28)14-3-7-16(32)8-4-14/h1-10,12,22,31-34,37-38H,11H2/t22-/m1/s1. The number of Topliss-reactive ketones (excluding diaryl/α,β-unsaturated/α-hetero) is 1. The van der Waals surface area contributed by atoms with E-state index in [4.69, 9.17) is 9.15 Å². The average Bonchev–Trinajstić information content (AvgIpc) is 2.90. The monoisotopic (exact) mass is 540 g/mol. The van der Waals surface area contributed by atoms with Gasteiger partial charge in [-0.2, -0.15) is 0 Å². The minimum absolute atomic E-state index is 0.0110. The van der Waals surface area contributed by atoms with Crippen molar-refractivity contribution in [2.24, 2.45) is 0 Å². The van der Waals surface area contributed by atoms with Gasteiger partial charge >= 0.3 is 0 Å². The number of ether oxygens (including phenoxy) is 1. The molecule has 10 nitrogen and oxygen atoms in total. The van der Waals surface area contributed by atoms with E-state index in [2.05, 4.69) is 0 Å². The van der Waals surface area contributed by atoms with Crippen LogP contribution in [0.4, 0.5) is 0 Å². The molecule has 1 aliphatic heterocycles. The molecule has 0 radical (unpaired) electrons. The van der Waals surface area contributed by atoms with E-state index in [1.807, 2.05) is 0 Å². The van der Waals surface area contributed by atoms with Crippen molar-refractivity contribution < 1.29 is 44.6 Å². The molecule has 40 heavy (non-hydrogen) atoms. The third-order valence-corrected chi connectivity index (χ3v) is 6.79. The first-order chi connectivity index (χ1) is 19.1. The van der Waals surface area contributed by atoms with Crippen molar-refractivity contribution >= 4 is 16.8 Å². The quantitative estimate of drug-likeness (QED) is 0.181. The third-order valence-electron chi connectivity index (χ3n) is 6.79. The molecular weight excluding hydrogens is 520 g/mol. The summed E-state index contributed by atoms with van der Waals surface area (Å²) in [5.41, 5.74) is -1.07. The topological polar surface area (TPSA) is 178 Å². The second-order valence-corrected chi connectivity index (χ2v) is 9.33. The van der Waals surface area contributed by atoms with E-state index < -0.39 is 45.9 Å². The Hall–Kier alpha value is -5.64. The van der Waals surface area contributed by atoms with Gasteiger partial charge in [-0.25, -0.2) is 0 Å². The number of carbonyl (C=O) groups is 1. The Bertz CT molecular complexity index is 1890. The Morgan fingerprint density at radius 3 is 1.98 bits per heavy atom. The normalized spacial score (nSPS) is 14.6. The van der Waals surface area contributed by atoms with E-state index in [-0.39, 0.29) is 51.5 Å². The number of carbonyl (C=O) groups excluding carboxylic acids is 1. The highest BCUT2D eigenvalue weighted by atomic mass is 16.5. The van der Waals surface area contributed by atoms with Crippen LogP contribution in [0.3, 0.4) is 0 Å². The largest absolute Gasteiger partial charge is 0.508 e. The van der Waals surface area contributed by atoms with Crippen molar-refractivity contribution in [2.75, 3.05) is 0 Å². The second-order valence-electron chi connectivity index (χ2n) is 9.33. The van der Waals surface area contributed by atoms with Crippen LogP contribution in [-0.2, 0) is 0 Å². The molecule has 200 valence electrons. The van der Waals surface area contributed by atoms with Gasteiger partial charge in [0.25, 0.3) is 0 Å². The zero-order valence-electron chi connectivity index (χ0n) is 20.5. The number of phenolic OH excluding ortho intramolecular Hbond substituents is 6. The Kier molecular flexibility index (Phi) is 5.54. The van der Waals surface area contributed by atoms with Crippen LogP contribution in [0.5, 0.6) is 40.2 Å². The Labute approximate surface area is 224 Å². The van der Waals surface area contributed by atoms with Crippen molar-refractivity contribution in [1.29, 1.82) is 0 Å². The molecule has 0 amide bonds. The van der Waals surface area contributed by atoms with Crippen LogP contribution in [-0.4, -0.2) is 36.4 Å². The highest BCUT2D eigenvalue weighted by Gasteiger charge is 2.35. The minimum Gasteiger partial charge on any atom is -0.508 e. The van der Waals surface area contributed by atoms with E-state index in [0.29, 0.717) is 11.1 Å². The van der Waals surface area contributed by atoms with E-state index >= 15 is 0 Å². The number of benzene rings is 4. The number of rotatable bonds is 3. The molecule has 10 heteroatoms. The van der Waals surface area contributed by atoms with Gasteiger partial charge in [0.1, 0.15) is 63.1 Å². The lowest BCUT2D eigenvalue weighted by molar-refractivity contribution is 0.0845. The van der Waals surface area contributed by atoms with Crippen molar-refractivity contribution in [1.82, 2.24) is 0 Å². The molecule has 4 aromatic carbocycles. The summed E-state index contributed by atoms with van der Waals surface area (Å²) < 4.78 is 11.8. The first-order valence-electron chi connectivity index (χ1n) is 12.0. The molecule has 1 aliphatic rings. The second kappa shape index (κ2) is 8.98. The molecule has 0 spiro atoms. The third kappa shape index (κ3) is 3.90. The number of fused-ring (bicyclic) bond motifs is 2. The SMILES string of the molecule is O=C1C[C@H](c2ccc(O)cc2)Oc2cc(O)c(-c3c(O)cc(O)c4c(=O)cc(-c5ccc(O)cc5)oc34)c(O)c21. The van der Waals surface area contributed by atoms with E-state index in [1.54, 1.807) is 12.1 Å². The fourth-order valence-corrected chi connectivity index (χ4v) is 4.89. The number of hydrogen-bond donors (Lipinski definition) is 6. The predicted molar refractivity (Wildman–Crippen MR) is 142 cm³/mol. The molecule has 0 bridgehead atoms. The van der Waals surface area contributed by atoms with Crippen LogP contribution in [0.2, 0.25) is 0 Å². The number of phenols is 6. The average molecular weight is 540 g/mol. The minimum atomic E-state index is -0.751. The predicted octanol–water partition coefficient (Wildman–Crippen LogP) is 5.07. The maximum Gasteiger partial charge on any atom is 0.197 e. The van der Waals surface area contributed by atoms with Crippen LogP contribution in [0.1, 0.15) is 28.4 Å². The highest BCUT2D eigenvalue weighted by molar-refractivity contribution is 6.09. The van der Waals surface area contributed by atoms with Crippen molar-refractivity contribution in [3.63, 3.8) is 0 Å². The van der Waals surface area contributed by atoms with Crippen molar-refractivity contribution in [3.8, 4) is 62.7 Å². The molecule has 0 aliphatic carbocycles. The summed E-state index contributed by atoms with van der Waals surface area (Å²) >= 11 is 0. The lowest BCUT2D eigenvalue weighted by Gasteiger charge is -2.27. The van der Waals surface area contributed by atoms with Crippen LogP contribution in [0.25, 0.3) is 33.4 Å². The maximum absolute atomic E-state index is 13.2. The fraction of sp³-hybridized carbons (Fsp3) is 0.0667. The number of hydrogen-bond acceptors (Lipinski definition) is 10. The highest BCUT2D eigenvalue weighted by Crippen LogP contribution is 2.53. The summed E-state index contributed by atoms with van der Waals surface area (Å²) in [6.07, 6.45) is -0.920. The van der Waals surface area contributed by atoms with Crippen LogP contribution >= 0.6 is 0 Å². The summed E-state index contributed by atoms with van der Waals surface area (Å²) in [5.74, 6) is -3.17. The van der Waals surface area contributed by atoms with E-state index in [0.717, 1.165) is 18.2 Å². The van der Waals surface area contributed by atoms with Crippen molar-refractivity contribution in [3.05, 3.63) is 88.1 Å². The summed E-state index contributed by atoms with van der Waals surface area (Å²) in [4.78, 5) is 26.2. The fourth-order valence-electron chi connectivity index (χ4n) is 4.89. The Balaban J connectivity index is 1.56. The van der Waals surface area contributed by atoms with Gasteiger partial charge in [0.15, 0.2) is 16.8 Å². The first kappa shape index (κ1) is 24.7. The molecule has 0 saturated carbocycles. The van der Waals surface area contributed by atoms with Gasteiger partial charge in [-0.05, 0) is 42.0 Å². The van der Waals surface area contributed by atoms with Gasteiger partial charge in [0, 0.05) is 23.8 Å². The van der Waals surface area contributed by atoms with E-state index in [1.165, 1.54) is 36.4 Å². The lowest BCUT2D eigenvalue weighted by atomic mass is 9.90. The smallest absolute Gasteiger partial charge is 0.197 e. The van der Waals surface area contributed by atoms with Crippen LogP contribution in [0.15, 0.2) is 75.9 Å². The zero-order chi connectivity index (χ0) is 28.3. The van der Waals surface area contributed by atoms with Crippen LogP contribution in [0, 0.1) is 0 Å². The van der Waals surface area contributed by atoms with Crippen molar-refractivity contribution in [2.45, 2.75) is 12.5 Å². The molecular formula is C30H20O10. The molecule has 1 aromatic heterocycles. The molecule has 6 rings (SSSR count). The number of ketones is 1. The van der Waals surface area contributed by atoms with Gasteiger partial charge in [-0.3, -0.25) is 9.59 Å². The molecule has 0 saturated heterocycles. The maximum atomic E-state index is 13.2. The molecule has 2 heterocycles. The molecule has 1 atom stereocenters. The Morgan fingerprint density at radius 1 is 0.675 bits per heavy atom. The molecule has 0 unspecified atom stereocenters. The molecule has 0 fully saturated rings. The van der Waals surface area contributed by atoms with Gasteiger partial charge in [0.05, 0.1) is 17.5 Å². The molecule has 6 N–H and O–H groups in total. The van der Waals surface area contributed by atoms with E-state index in [9.17, 15) is 40.2 Å². The lowest BCUT2D eigenvalue weighted by Crippen LogP contribution is -2.20. The molecule has 5 aromatic rings.